The number of hydrogen-bond acceptors (Lipinski definition) is 4. The van der Waals surface area contributed by atoms with Crippen molar-refractivity contribution in [1.82, 2.24) is 4.57 Å². The van der Waals surface area contributed by atoms with E-state index >= 15 is 0 Å². The van der Waals surface area contributed by atoms with Crippen LogP contribution in [0.25, 0.3) is 0 Å². The van der Waals surface area contributed by atoms with Crippen LogP contribution in [0.15, 0.2) is 47.4 Å². The van der Waals surface area contributed by atoms with Gasteiger partial charge in [-0.1, -0.05) is 6.07 Å². The average molecular weight is 274 g/mol. The molecule has 0 bridgehead atoms. The summed E-state index contributed by atoms with van der Waals surface area (Å²) in [6, 6.07) is 9.16. The number of nitrogens with zero attached hydrogens (tertiary/aromatic N) is 1. The quantitative estimate of drug-likeness (QED) is 0.799. The minimum absolute atomic E-state index is 0.106. The Kier molecular flexibility index (Phi) is 4.05. The Balaban J connectivity index is 2.00. The Morgan fingerprint density at radius 1 is 1.30 bits per heavy atom. The summed E-state index contributed by atoms with van der Waals surface area (Å²) in [5.74, 6) is -0.641. The summed E-state index contributed by atoms with van der Waals surface area (Å²) in [7, 11) is 0. The van der Waals surface area contributed by atoms with Crippen molar-refractivity contribution in [2.24, 2.45) is 0 Å². The maximum absolute atomic E-state index is 11.5. The highest BCUT2D eigenvalue weighted by Crippen LogP contribution is 2.22. The number of benzene rings is 1. The summed E-state index contributed by atoms with van der Waals surface area (Å²) in [4.78, 5) is 22.2. The van der Waals surface area contributed by atoms with E-state index in [0.717, 1.165) is 0 Å². The monoisotopic (exact) mass is 274 g/mol. The molecule has 0 unspecified atom stereocenters. The standard InChI is InChI=1S/C14H14N2O4/c15-11-9-10(14(18)19)4-5-12(11)20-8-7-16-6-2-1-3-13(16)17/h1-6,9H,7-8,15H2,(H,18,19). The molecule has 0 fully saturated rings. The zero-order chi connectivity index (χ0) is 14.5. The molecule has 0 radical (unpaired) electrons. The van der Waals surface area contributed by atoms with E-state index in [1.165, 1.54) is 28.8 Å². The summed E-state index contributed by atoms with van der Waals surface area (Å²) >= 11 is 0. The number of carbonyl (C=O) groups is 1. The van der Waals surface area contributed by atoms with Crippen LogP contribution in [0.4, 0.5) is 5.69 Å². The summed E-state index contributed by atoms with van der Waals surface area (Å²) in [6.07, 6.45) is 1.67. The van der Waals surface area contributed by atoms with Crippen molar-refractivity contribution in [1.29, 1.82) is 0 Å². The molecule has 0 aliphatic rings. The molecular weight excluding hydrogens is 260 g/mol. The number of aromatic nitrogens is 1. The molecule has 0 saturated carbocycles. The van der Waals surface area contributed by atoms with Gasteiger partial charge in [0.1, 0.15) is 12.4 Å². The van der Waals surface area contributed by atoms with Gasteiger partial charge in [0.2, 0.25) is 0 Å². The zero-order valence-electron chi connectivity index (χ0n) is 10.7. The number of carboxylic acid groups (broad SMARTS) is 1. The number of aromatic carboxylic acids is 1. The lowest BCUT2D eigenvalue weighted by atomic mass is 10.2. The van der Waals surface area contributed by atoms with Gasteiger partial charge in [0.25, 0.3) is 5.56 Å². The number of ether oxygens (including phenoxy) is 1. The minimum atomic E-state index is -1.04. The normalized spacial score (nSPS) is 10.2. The molecule has 0 aliphatic heterocycles. The molecule has 2 rings (SSSR count). The van der Waals surface area contributed by atoms with Gasteiger partial charge in [-0.05, 0) is 24.3 Å². The predicted molar refractivity (Wildman–Crippen MR) is 74.0 cm³/mol. The van der Waals surface area contributed by atoms with E-state index < -0.39 is 5.97 Å². The van der Waals surface area contributed by atoms with E-state index in [0.29, 0.717) is 12.3 Å². The molecule has 0 aliphatic carbocycles. The lowest BCUT2D eigenvalue weighted by molar-refractivity contribution is 0.0697. The molecule has 1 aromatic heterocycles. The fourth-order valence-corrected chi connectivity index (χ4v) is 1.71. The molecule has 0 spiro atoms. The second kappa shape index (κ2) is 5.92. The third-order valence-electron chi connectivity index (χ3n) is 2.75. The van der Waals surface area contributed by atoms with Gasteiger partial charge >= 0.3 is 5.97 Å². The van der Waals surface area contributed by atoms with Gasteiger partial charge in [-0.2, -0.15) is 0 Å². The van der Waals surface area contributed by atoms with Crippen LogP contribution in [0.1, 0.15) is 10.4 Å². The van der Waals surface area contributed by atoms with Crippen molar-refractivity contribution in [3.63, 3.8) is 0 Å². The molecule has 20 heavy (non-hydrogen) atoms. The molecule has 1 aromatic carbocycles. The molecule has 104 valence electrons. The highest BCUT2D eigenvalue weighted by molar-refractivity contribution is 5.89. The van der Waals surface area contributed by atoms with E-state index in [-0.39, 0.29) is 23.4 Å². The highest BCUT2D eigenvalue weighted by atomic mass is 16.5. The number of rotatable bonds is 5. The first-order valence-corrected chi connectivity index (χ1v) is 5.99. The number of hydrogen-bond donors (Lipinski definition) is 2. The fourth-order valence-electron chi connectivity index (χ4n) is 1.71. The largest absolute Gasteiger partial charge is 0.490 e. The van der Waals surface area contributed by atoms with Crippen LogP contribution in [0.3, 0.4) is 0 Å². The van der Waals surface area contributed by atoms with Gasteiger partial charge in [-0.15, -0.1) is 0 Å². The van der Waals surface area contributed by atoms with Crippen LogP contribution in [0.2, 0.25) is 0 Å². The van der Waals surface area contributed by atoms with Gasteiger partial charge in [-0.25, -0.2) is 4.79 Å². The third-order valence-corrected chi connectivity index (χ3v) is 2.75. The van der Waals surface area contributed by atoms with Crippen molar-refractivity contribution in [3.8, 4) is 5.75 Å². The summed E-state index contributed by atoms with van der Waals surface area (Å²) in [5, 5.41) is 8.82. The lowest BCUT2D eigenvalue weighted by Crippen LogP contribution is -2.21. The third kappa shape index (κ3) is 3.17. The molecule has 6 heteroatoms. The van der Waals surface area contributed by atoms with Crippen LogP contribution in [-0.2, 0) is 6.54 Å². The zero-order valence-corrected chi connectivity index (χ0v) is 10.7. The second-order valence-corrected chi connectivity index (χ2v) is 4.14. The lowest BCUT2D eigenvalue weighted by Gasteiger charge is -2.10. The first kappa shape index (κ1) is 13.7. The fraction of sp³-hybridized carbons (Fsp3) is 0.143. The van der Waals surface area contributed by atoms with Crippen LogP contribution in [-0.4, -0.2) is 22.2 Å². The molecule has 2 aromatic rings. The first-order valence-electron chi connectivity index (χ1n) is 5.99. The van der Waals surface area contributed by atoms with E-state index in [1.807, 2.05) is 0 Å². The Hall–Kier alpha value is -2.76. The number of nitrogen functional groups attached to an aromatic ring is 1. The Labute approximate surface area is 115 Å². The average Bonchev–Trinajstić information content (AvgIpc) is 2.42. The van der Waals surface area contributed by atoms with E-state index in [2.05, 4.69) is 0 Å². The van der Waals surface area contributed by atoms with E-state index in [9.17, 15) is 9.59 Å². The minimum Gasteiger partial charge on any atom is -0.490 e. The molecule has 6 nitrogen and oxygen atoms in total. The van der Waals surface area contributed by atoms with Crippen molar-refractivity contribution >= 4 is 11.7 Å². The van der Waals surface area contributed by atoms with Crippen molar-refractivity contribution in [2.45, 2.75) is 6.54 Å². The molecular formula is C14H14N2O4. The van der Waals surface area contributed by atoms with Crippen LogP contribution < -0.4 is 16.0 Å². The molecule has 0 atom stereocenters. The van der Waals surface area contributed by atoms with E-state index in [1.54, 1.807) is 18.3 Å². The van der Waals surface area contributed by atoms with Crippen molar-refractivity contribution < 1.29 is 14.6 Å². The van der Waals surface area contributed by atoms with Crippen LogP contribution in [0, 0.1) is 0 Å². The van der Waals surface area contributed by atoms with Gasteiger partial charge in [-0.3, -0.25) is 4.79 Å². The number of carboxylic acids is 1. The van der Waals surface area contributed by atoms with Crippen LogP contribution >= 0.6 is 0 Å². The summed E-state index contributed by atoms with van der Waals surface area (Å²) in [6.45, 7) is 0.653. The molecule has 1 heterocycles. The van der Waals surface area contributed by atoms with Gasteiger partial charge in [0.15, 0.2) is 0 Å². The molecule has 0 saturated heterocycles. The maximum atomic E-state index is 11.5. The number of pyridine rings is 1. The van der Waals surface area contributed by atoms with Gasteiger partial charge in [0.05, 0.1) is 17.8 Å². The highest BCUT2D eigenvalue weighted by Gasteiger charge is 2.07. The first-order chi connectivity index (χ1) is 9.58. The van der Waals surface area contributed by atoms with Gasteiger partial charge < -0.3 is 20.1 Å². The maximum Gasteiger partial charge on any atom is 0.335 e. The topological polar surface area (TPSA) is 94.6 Å². The number of anilines is 1. The van der Waals surface area contributed by atoms with Crippen molar-refractivity contribution in [3.05, 3.63) is 58.5 Å². The van der Waals surface area contributed by atoms with Gasteiger partial charge in [0, 0.05) is 12.3 Å². The predicted octanol–water partition coefficient (Wildman–Crippen LogP) is 1.21. The molecule has 0 amide bonds. The van der Waals surface area contributed by atoms with E-state index in [4.69, 9.17) is 15.6 Å². The Bertz CT molecular complexity index is 679. The SMILES string of the molecule is Nc1cc(C(=O)O)ccc1OCCn1ccccc1=O. The van der Waals surface area contributed by atoms with Crippen LogP contribution in [0.5, 0.6) is 5.75 Å². The Morgan fingerprint density at radius 3 is 2.75 bits per heavy atom. The second-order valence-electron chi connectivity index (χ2n) is 4.14. The summed E-state index contributed by atoms with van der Waals surface area (Å²) < 4.78 is 6.97. The number of nitrogens with two attached hydrogens (primary N) is 1. The smallest absolute Gasteiger partial charge is 0.335 e. The Morgan fingerprint density at radius 2 is 2.10 bits per heavy atom. The van der Waals surface area contributed by atoms with Crippen molar-refractivity contribution in [2.75, 3.05) is 12.3 Å². The summed E-state index contributed by atoms with van der Waals surface area (Å²) in [5.41, 5.74) is 5.97. The molecule has 3 N–H and O–H groups in total.